The van der Waals surface area contributed by atoms with Crippen LogP contribution >= 0.6 is 11.8 Å². The standard InChI is InChI=1S/C16H27N3O7S/c1-4-25-14(22)8-18-15(23)12(9-27-10(3)20)19-13(21)7-6-11(17)16(24)26-5-2/h11-12H,4-9,17H2,1-3H3,(H,18,23)(H,19,21)/t11-,12-/m0/s1. The number of ether oxygens (including phenoxy) is 2. The first-order valence-electron chi connectivity index (χ1n) is 8.49. The fraction of sp³-hybridized carbons (Fsp3) is 0.688. The summed E-state index contributed by atoms with van der Waals surface area (Å²) in [7, 11) is 0. The first-order valence-corrected chi connectivity index (χ1v) is 9.48. The number of carbonyl (C=O) groups is 5. The largest absolute Gasteiger partial charge is 0.465 e. The predicted octanol–water partition coefficient (Wildman–Crippen LogP) is -0.899. The molecule has 4 N–H and O–H groups in total. The fourth-order valence-corrected chi connectivity index (χ4v) is 2.43. The highest BCUT2D eigenvalue weighted by Crippen LogP contribution is 2.06. The van der Waals surface area contributed by atoms with Gasteiger partial charge in [0.25, 0.3) is 0 Å². The van der Waals surface area contributed by atoms with Gasteiger partial charge in [-0.1, -0.05) is 11.8 Å². The molecule has 0 saturated carbocycles. The first kappa shape index (κ1) is 24.9. The minimum atomic E-state index is -1.03. The van der Waals surface area contributed by atoms with E-state index in [1.807, 2.05) is 0 Å². The van der Waals surface area contributed by atoms with Crippen LogP contribution in [0.2, 0.25) is 0 Å². The lowest BCUT2D eigenvalue weighted by molar-refractivity contribution is -0.145. The molecular formula is C16H27N3O7S. The Balaban J connectivity index is 4.62. The second-order valence-electron chi connectivity index (χ2n) is 5.34. The molecule has 0 aromatic heterocycles. The van der Waals surface area contributed by atoms with Gasteiger partial charge < -0.3 is 25.8 Å². The Bertz CT molecular complexity index is 542. The molecule has 0 radical (unpaired) electrons. The van der Waals surface area contributed by atoms with Gasteiger partial charge in [0.05, 0.1) is 13.2 Å². The minimum absolute atomic E-state index is 0.000335. The Morgan fingerprint density at radius 1 is 1.07 bits per heavy atom. The Kier molecular flexibility index (Phi) is 12.9. The van der Waals surface area contributed by atoms with Gasteiger partial charge in [0.15, 0.2) is 5.12 Å². The molecule has 0 bridgehead atoms. The summed E-state index contributed by atoms with van der Waals surface area (Å²) in [6.45, 7) is 4.62. The molecule has 2 atom stereocenters. The van der Waals surface area contributed by atoms with Crippen molar-refractivity contribution in [3.63, 3.8) is 0 Å². The number of hydrogen-bond acceptors (Lipinski definition) is 9. The lowest BCUT2D eigenvalue weighted by Gasteiger charge is -2.18. The van der Waals surface area contributed by atoms with Crippen molar-refractivity contribution in [1.82, 2.24) is 10.6 Å². The number of nitrogens with one attached hydrogen (secondary N) is 2. The summed E-state index contributed by atoms with van der Waals surface area (Å²) in [6, 6.07) is -1.97. The number of hydrogen-bond donors (Lipinski definition) is 3. The van der Waals surface area contributed by atoms with Crippen LogP contribution in [0.1, 0.15) is 33.6 Å². The van der Waals surface area contributed by atoms with Crippen molar-refractivity contribution in [3.05, 3.63) is 0 Å². The Hall–Kier alpha value is -2.14. The van der Waals surface area contributed by atoms with Gasteiger partial charge in [-0.25, -0.2) is 0 Å². The van der Waals surface area contributed by atoms with Crippen LogP contribution < -0.4 is 16.4 Å². The second kappa shape index (κ2) is 14.0. The molecule has 11 heteroatoms. The molecular weight excluding hydrogens is 378 g/mol. The molecule has 0 fully saturated rings. The van der Waals surface area contributed by atoms with Crippen LogP contribution in [0.15, 0.2) is 0 Å². The predicted molar refractivity (Wildman–Crippen MR) is 98.6 cm³/mol. The molecule has 0 saturated heterocycles. The van der Waals surface area contributed by atoms with E-state index in [0.717, 1.165) is 11.8 Å². The molecule has 0 spiro atoms. The highest BCUT2D eigenvalue weighted by molar-refractivity contribution is 8.13. The molecule has 27 heavy (non-hydrogen) atoms. The van der Waals surface area contributed by atoms with Crippen molar-refractivity contribution < 1.29 is 33.4 Å². The Labute approximate surface area is 162 Å². The molecule has 0 aromatic rings. The van der Waals surface area contributed by atoms with Crippen molar-refractivity contribution in [3.8, 4) is 0 Å². The van der Waals surface area contributed by atoms with Crippen molar-refractivity contribution in [2.45, 2.75) is 45.7 Å². The van der Waals surface area contributed by atoms with Gasteiger partial charge >= 0.3 is 11.9 Å². The van der Waals surface area contributed by atoms with E-state index in [1.165, 1.54) is 6.92 Å². The fourth-order valence-electron chi connectivity index (χ4n) is 1.80. The van der Waals surface area contributed by atoms with E-state index in [-0.39, 0.29) is 43.5 Å². The average Bonchev–Trinajstić information content (AvgIpc) is 2.61. The van der Waals surface area contributed by atoms with Gasteiger partial charge in [-0.05, 0) is 20.3 Å². The van der Waals surface area contributed by atoms with E-state index in [2.05, 4.69) is 10.6 Å². The zero-order valence-corrected chi connectivity index (χ0v) is 16.6. The highest BCUT2D eigenvalue weighted by atomic mass is 32.2. The second-order valence-corrected chi connectivity index (χ2v) is 6.54. The summed E-state index contributed by atoms with van der Waals surface area (Å²) in [5.41, 5.74) is 5.62. The maximum Gasteiger partial charge on any atom is 0.325 e. The summed E-state index contributed by atoms with van der Waals surface area (Å²) in [5.74, 6) is -2.37. The molecule has 2 amide bonds. The summed E-state index contributed by atoms with van der Waals surface area (Å²) in [4.78, 5) is 58.1. The van der Waals surface area contributed by atoms with Crippen LogP contribution in [0.4, 0.5) is 0 Å². The maximum atomic E-state index is 12.2. The van der Waals surface area contributed by atoms with E-state index in [0.29, 0.717) is 0 Å². The molecule has 0 rings (SSSR count). The third-order valence-electron chi connectivity index (χ3n) is 3.09. The summed E-state index contributed by atoms with van der Waals surface area (Å²) in [6.07, 6.45) is -0.0615. The lowest BCUT2D eigenvalue weighted by atomic mass is 10.1. The maximum absolute atomic E-state index is 12.2. The van der Waals surface area contributed by atoms with Gasteiger partial charge in [0, 0.05) is 19.1 Å². The zero-order valence-electron chi connectivity index (χ0n) is 15.7. The molecule has 154 valence electrons. The van der Waals surface area contributed by atoms with Crippen molar-refractivity contribution >= 4 is 40.6 Å². The summed E-state index contributed by atoms with van der Waals surface area (Å²) >= 11 is 0.861. The van der Waals surface area contributed by atoms with Gasteiger partial charge in [0.1, 0.15) is 18.6 Å². The molecule has 0 unspecified atom stereocenters. The molecule has 0 heterocycles. The van der Waals surface area contributed by atoms with Gasteiger partial charge in [-0.3, -0.25) is 24.0 Å². The van der Waals surface area contributed by atoms with E-state index in [4.69, 9.17) is 15.2 Å². The van der Waals surface area contributed by atoms with Crippen molar-refractivity contribution in [2.24, 2.45) is 5.73 Å². The lowest BCUT2D eigenvalue weighted by Crippen LogP contribution is -2.49. The molecule has 0 aliphatic heterocycles. The molecule has 10 nitrogen and oxygen atoms in total. The average molecular weight is 405 g/mol. The summed E-state index contributed by atoms with van der Waals surface area (Å²) < 4.78 is 9.45. The van der Waals surface area contributed by atoms with E-state index in [9.17, 15) is 24.0 Å². The quantitative estimate of drug-likeness (QED) is 0.350. The smallest absolute Gasteiger partial charge is 0.325 e. The topological polar surface area (TPSA) is 154 Å². The molecule has 0 aliphatic rings. The van der Waals surface area contributed by atoms with E-state index < -0.39 is 35.8 Å². The normalized spacial score (nSPS) is 12.4. The van der Waals surface area contributed by atoms with Crippen molar-refractivity contribution in [2.75, 3.05) is 25.5 Å². The number of nitrogens with two attached hydrogens (primary N) is 1. The third kappa shape index (κ3) is 12.0. The minimum Gasteiger partial charge on any atom is -0.465 e. The number of esters is 2. The van der Waals surface area contributed by atoms with Crippen LogP contribution in [0.5, 0.6) is 0 Å². The van der Waals surface area contributed by atoms with E-state index >= 15 is 0 Å². The van der Waals surface area contributed by atoms with Crippen LogP contribution in [0, 0.1) is 0 Å². The first-order chi connectivity index (χ1) is 12.7. The van der Waals surface area contributed by atoms with Crippen LogP contribution in [-0.2, 0) is 33.4 Å². The zero-order chi connectivity index (χ0) is 20.8. The van der Waals surface area contributed by atoms with Gasteiger partial charge in [-0.15, -0.1) is 0 Å². The number of rotatable bonds is 12. The van der Waals surface area contributed by atoms with Crippen LogP contribution in [0.3, 0.4) is 0 Å². The van der Waals surface area contributed by atoms with Gasteiger partial charge in [-0.2, -0.15) is 0 Å². The number of thioether (sulfide) groups is 1. The summed E-state index contributed by atoms with van der Waals surface area (Å²) in [5, 5.41) is 4.59. The van der Waals surface area contributed by atoms with Gasteiger partial charge in [0.2, 0.25) is 11.8 Å². The van der Waals surface area contributed by atoms with Crippen LogP contribution in [0.25, 0.3) is 0 Å². The number of amides is 2. The van der Waals surface area contributed by atoms with E-state index in [1.54, 1.807) is 13.8 Å². The molecule has 0 aliphatic carbocycles. The van der Waals surface area contributed by atoms with Crippen LogP contribution in [-0.4, -0.2) is 66.5 Å². The molecule has 0 aromatic carbocycles. The highest BCUT2D eigenvalue weighted by Gasteiger charge is 2.23. The SMILES string of the molecule is CCOC(=O)CNC(=O)[C@H](CSC(C)=O)NC(=O)CC[C@H](N)C(=O)OCC. The number of carbonyl (C=O) groups excluding carboxylic acids is 5. The third-order valence-corrected chi connectivity index (χ3v) is 4.00. The Morgan fingerprint density at radius 3 is 2.26 bits per heavy atom. The Morgan fingerprint density at radius 2 is 1.70 bits per heavy atom. The monoisotopic (exact) mass is 405 g/mol. The van der Waals surface area contributed by atoms with Crippen molar-refractivity contribution in [1.29, 1.82) is 0 Å².